The Morgan fingerprint density at radius 2 is 1.89 bits per heavy atom. The predicted molar refractivity (Wildman–Crippen MR) is 70.9 cm³/mol. The SMILES string of the molecule is OCc1ccc(-c2nc3ccc(F)cc3s2)cc1. The minimum Gasteiger partial charge on any atom is -0.392 e. The van der Waals surface area contributed by atoms with Gasteiger partial charge in [0, 0.05) is 5.56 Å². The molecule has 0 saturated carbocycles. The highest BCUT2D eigenvalue weighted by Crippen LogP contribution is 2.30. The molecule has 1 heterocycles. The number of fused-ring (bicyclic) bond motifs is 1. The van der Waals surface area contributed by atoms with Crippen LogP contribution in [0.2, 0.25) is 0 Å². The second-order valence-corrected chi connectivity index (χ2v) is 5.02. The lowest BCUT2D eigenvalue weighted by Gasteiger charge is -1.97. The molecule has 3 aromatic rings. The first-order valence-corrected chi connectivity index (χ1v) is 6.34. The molecule has 4 heteroatoms. The van der Waals surface area contributed by atoms with Gasteiger partial charge in [0.2, 0.25) is 0 Å². The van der Waals surface area contributed by atoms with Crippen LogP contribution in [0.1, 0.15) is 5.56 Å². The summed E-state index contributed by atoms with van der Waals surface area (Å²) in [5, 5.41) is 9.85. The van der Waals surface area contributed by atoms with Gasteiger partial charge < -0.3 is 5.11 Å². The molecule has 0 spiro atoms. The Morgan fingerprint density at radius 3 is 2.61 bits per heavy atom. The summed E-state index contributed by atoms with van der Waals surface area (Å²) in [5.74, 6) is -0.242. The minimum absolute atomic E-state index is 0.0331. The summed E-state index contributed by atoms with van der Waals surface area (Å²) in [7, 11) is 0. The number of halogens is 1. The lowest BCUT2D eigenvalue weighted by atomic mass is 10.1. The zero-order chi connectivity index (χ0) is 12.5. The maximum atomic E-state index is 13.1. The van der Waals surface area contributed by atoms with E-state index in [0.717, 1.165) is 26.4 Å². The van der Waals surface area contributed by atoms with E-state index in [1.165, 1.54) is 23.5 Å². The van der Waals surface area contributed by atoms with Crippen LogP contribution in [0, 0.1) is 5.82 Å². The van der Waals surface area contributed by atoms with Gasteiger partial charge in [0.25, 0.3) is 0 Å². The van der Waals surface area contributed by atoms with E-state index in [9.17, 15) is 4.39 Å². The van der Waals surface area contributed by atoms with Crippen molar-refractivity contribution in [3.05, 3.63) is 53.8 Å². The van der Waals surface area contributed by atoms with Gasteiger partial charge in [0.05, 0.1) is 16.8 Å². The molecule has 2 nitrogen and oxygen atoms in total. The summed E-state index contributed by atoms with van der Waals surface area (Å²) in [5.41, 5.74) is 2.65. The topological polar surface area (TPSA) is 33.1 Å². The average Bonchev–Trinajstić information content (AvgIpc) is 2.81. The van der Waals surface area contributed by atoms with E-state index in [1.807, 2.05) is 24.3 Å². The molecular weight excluding hydrogens is 249 g/mol. The maximum Gasteiger partial charge on any atom is 0.124 e. The summed E-state index contributed by atoms with van der Waals surface area (Å²) in [4.78, 5) is 4.47. The van der Waals surface area contributed by atoms with Gasteiger partial charge in [-0.25, -0.2) is 9.37 Å². The highest BCUT2D eigenvalue weighted by molar-refractivity contribution is 7.21. The van der Waals surface area contributed by atoms with Crippen LogP contribution in [-0.4, -0.2) is 10.1 Å². The molecule has 0 fully saturated rings. The van der Waals surface area contributed by atoms with E-state index in [0.29, 0.717) is 0 Å². The molecule has 0 aliphatic carbocycles. The maximum absolute atomic E-state index is 13.1. The monoisotopic (exact) mass is 259 g/mol. The first kappa shape index (κ1) is 11.3. The predicted octanol–water partition coefficient (Wildman–Crippen LogP) is 3.59. The van der Waals surface area contributed by atoms with Crippen LogP contribution >= 0.6 is 11.3 Å². The first-order chi connectivity index (χ1) is 8.76. The molecule has 0 aliphatic rings. The second-order valence-electron chi connectivity index (χ2n) is 3.99. The molecule has 3 rings (SSSR count). The van der Waals surface area contributed by atoms with Crippen LogP contribution in [0.15, 0.2) is 42.5 Å². The largest absolute Gasteiger partial charge is 0.392 e. The van der Waals surface area contributed by atoms with Gasteiger partial charge in [-0.1, -0.05) is 24.3 Å². The molecule has 0 amide bonds. The summed E-state index contributed by atoms with van der Waals surface area (Å²) < 4.78 is 13.9. The fourth-order valence-corrected chi connectivity index (χ4v) is 2.77. The zero-order valence-electron chi connectivity index (χ0n) is 9.43. The fraction of sp³-hybridized carbons (Fsp3) is 0.0714. The summed E-state index contributed by atoms with van der Waals surface area (Å²) in [6, 6.07) is 12.2. The van der Waals surface area contributed by atoms with Gasteiger partial charge in [0.1, 0.15) is 10.8 Å². The number of rotatable bonds is 2. The molecule has 0 bridgehead atoms. The number of hydrogen-bond donors (Lipinski definition) is 1. The van der Waals surface area contributed by atoms with E-state index in [4.69, 9.17) is 5.11 Å². The van der Waals surface area contributed by atoms with Crippen LogP contribution < -0.4 is 0 Å². The number of benzene rings is 2. The number of hydrogen-bond acceptors (Lipinski definition) is 3. The Balaban J connectivity index is 2.07. The van der Waals surface area contributed by atoms with Crippen molar-refractivity contribution in [2.24, 2.45) is 0 Å². The number of aliphatic hydroxyl groups excluding tert-OH is 1. The second kappa shape index (κ2) is 4.48. The zero-order valence-corrected chi connectivity index (χ0v) is 10.2. The van der Waals surface area contributed by atoms with Gasteiger partial charge in [-0.05, 0) is 23.8 Å². The van der Waals surface area contributed by atoms with Crippen molar-refractivity contribution in [3.63, 3.8) is 0 Å². The molecule has 0 unspecified atom stereocenters. The van der Waals surface area contributed by atoms with E-state index >= 15 is 0 Å². The van der Waals surface area contributed by atoms with E-state index < -0.39 is 0 Å². The smallest absolute Gasteiger partial charge is 0.124 e. The molecular formula is C14H10FNOS. The van der Waals surface area contributed by atoms with Crippen molar-refractivity contribution in [1.82, 2.24) is 4.98 Å². The molecule has 0 aliphatic heterocycles. The number of nitrogens with zero attached hydrogens (tertiary/aromatic N) is 1. The summed E-state index contributed by atoms with van der Waals surface area (Å²) in [6.45, 7) is 0.0331. The van der Waals surface area contributed by atoms with Gasteiger partial charge in [-0.15, -0.1) is 11.3 Å². The minimum atomic E-state index is -0.242. The van der Waals surface area contributed by atoms with Crippen molar-refractivity contribution < 1.29 is 9.50 Å². The van der Waals surface area contributed by atoms with E-state index in [1.54, 1.807) is 6.07 Å². The average molecular weight is 259 g/mol. The van der Waals surface area contributed by atoms with Crippen LogP contribution in [0.5, 0.6) is 0 Å². The Bertz CT molecular complexity index is 691. The van der Waals surface area contributed by atoms with E-state index in [-0.39, 0.29) is 12.4 Å². The molecule has 18 heavy (non-hydrogen) atoms. The van der Waals surface area contributed by atoms with Crippen LogP contribution in [-0.2, 0) is 6.61 Å². The number of aliphatic hydroxyl groups is 1. The Hall–Kier alpha value is -1.78. The number of thiazole rings is 1. The highest BCUT2D eigenvalue weighted by atomic mass is 32.1. The molecule has 1 N–H and O–H groups in total. The van der Waals surface area contributed by atoms with Crippen LogP contribution in [0.3, 0.4) is 0 Å². The van der Waals surface area contributed by atoms with Crippen molar-refractivity contribution in [2.45, 2.75) is 6.61 Å². The highest BCUT2D eigenvalue weighted by Gasteiger charge is 2.06. The first-order valence-electron chi connectivity index (χ1n) is 5.52. The van der Waals surface area contributed by atoms with Crippen molar-refractivity contribution in [1.29, 1.82) is 0 Å². The standard InChI is InChI=1S/C14H10FNOS/c15-11-5-6-12-13(7-11)18-14(16-12)10-3-1-9(8-17)2-4-10/h1-7,17H,8H2. The molecule has 1 aromatic heterocycles. The Labute approximate surface area is 107 Å². The van der Waals surface area contributed by atoms with Crippen LogP contribution in [0.4, 0.5) is 4.39 Å². The molecule has 90 valence electrons. The van der Waals surface area contributed by atoms with Crippen molar-refractivity contribution in [2.75, 3.05) is 0 Å². The lowest BCUT2D eigenvalue weighted by molar-refractivity contribution is 0.282. The fourth-order valence-electron chi connectivity index (χ4n) is 1.77. The van der Waals surface area contributed by atoms with Crippen molar-refractivity contribution >= 4 is 21.6 Å². The Morgan fingerprint density at radius 1 is 1.11 bits per heavy atom. The summed E-state index contributed by atoms with van der Waals surface area (Å²) >= 11 is 1.46. The van der Waals surface area contributed by atoms with Crippen LogP contribution in [0.25, 0.3) is 20.8 Å². The van der Waals surface area contributed by atoms with E-state index in [2.05, 4.69) is 4.98 Å². The quantitative estimate of drug-likeness (QED) is 0.763. The van der Waals surface area contributed by atoms with Crippen molar-refractivity contribution in [3.8, 4) is 10.6 Å². The third-order valence-electron chi connectivity index (χ3n) is 2.73. The Kier molecular flexibility index (Phi) is 2.81. The molecule has 2 aromatic carbocycles. The van der Waals surface area contributed by atoms with Gasteiger partial charge in [0.15, 0.2) is 0 Å². The molecule has 0 radical (unpaired) electrons. The lowest BCUT2D eigenvalue weighted by Crippen LogP contribution is -1.82. The molecule has 0 atom stereocenters. The molecule has 0 saturated heterocycles. The third kappa shape index (κ3) is 2.00. The number of aromatic nitrogens is 1. The van der Waals surface area contributed by atoms with Gasteiger partial charge in [-0.2, -0.15) is 0 Å². The summed E-state index contributed by atoms with van der Waals surface area (Å²) in [6.07, 6.45) is 0. The third-order valence-corrected chi connectivity index (χ3v) is 3.80. The van der Waals surface area contributed by atoms with Gasteiger partial charge in [-0.3, -0.25) is 0 Å². The van der Waals surface area contributed by atoms with Gasteiger partial charge >= 0.3 is 0 Å². The normalized spacial score (nSPS) is 11.0.